The van der Waals surface area contributed by atoms with Crippen molar-refractivity contribution < 1.29 is 14.1 Å². The molecular weight excluding hydrogens is 262 g/mol. The Hall–Kier alpha value is -3.14. The quantitative estimate of drug-likeness (QED) is 0.630. The van der Waals surface area contributed by atoms with Crippen molar-refractivity contribution in [3.63, 3.8) is 0 Å². The zero-order valence-corrected chi connectivity index (χ0v) is 10.4. The molecule has 0 N–H and O–H groups in total. The number of rotatable bonds is 3. The highest BCUT2D eigenvalue weighted by Gasteiger charge is 2.21. The van der Waals surface area contributed by atoms with Crippen LogP contribution in [-0.2, 0) is 0 Å². The van der Waals surface area contributed by atoms with Crippen molar-refractivity contribution in [2.24, 2.45) is 0 Å². The molecule has 0 saturated carbocycles. The molecule has 0 bridgehead atoms. The zero-order valence-electron chi connectivity index (χ0n) is 10.4. The van der Waals surface area contributed by atoms with Crippen LogP contribution in [0, 0.1) is 21.4 Å². The van der Waals surface area contributed by atoms with E-state index in [0.717, 1.165) is 6.07 Å². The number of hydrogen-bond donors (Lipinski definition) is 0. The highest BCUT2D eigenvalue weighted by molar-refractivity contribution is 6.03. The van der Waals surface area contributed by atoms with Crippen molar-refractivity contribution >= 4 is 17.5 Å². The van der Waals surface area contributed by atoms with Gasteiger partial charge in [0.2, 0.25) is 0 Å². The minimum absolute atomic E-state index is 0.122. The molecule has 20 heavy (non-hydrogen) atoms. The average Bonchev–Trinajstić information content (AvgIpc) is 2.96. The van der Waals surface area contributed by atoms with Crippen molar-refractivity contribution in [2.45, 2.75) is 0 Å². The van der Waals surface area contributed by atoms with E-state index in [9.17, 15) is 14.9 Å². The van der Waals surface area contributed by atoms with E-state index < -0.39 is 16.7 Å². The Bertz CT molecular complexity index is 697. The van der Waals surface area contributed by atoms with E-state index in [-0.39, 0.29) is 5.76 Å². The fraction of sp³-hybridized carbons (Fsp3) is 0.0769. The van der Waals surface area contributed by atoms with E-state index in [0.29, 0.717) is 11.3 Å². The van der Waals surface area contributed by atoms with Crippen molar-refractivity contribution in [3.8, 4) is 6.07 Å². The van der Waals surface area contributed by atoms with E-state index in [4.69, 9.17) is 9.68 Å². The van der Waals surface area contributed by atoms with Gasteiger partial charge >= 0.3 is 5.88 Å². The monoisotopic (exact) mass is 271 g/mol. The summed E-state index contributed by atoms with van der Waals surface area (Å²) in [5.74, 6) is -1.12. The van der Waals surface area contributed by atoms with Gasteiger partial charge in [-0.25, -0.2) is 0 Å². The topological polar surface area (TPSA) is 100 Å². The third-order valence-corrected chi connectivity index (χ3v) is 2.67. The number of anilines is 1. The molecule has 100 valence electrons. The molecule has 0 aliphatic carbocycles. The number of amides is 1. The molecule has 0 radical (unpaired) electrons. The maximum absolute atomic E-state index is 12.1. The molecule has 2 rings (SSSR count). The number of carbonyl (C=O) groups is 1. The highest BCUT2D eigenvalue weighted by Crippen LogP contribution is 2.20. The second-order valence-electron chi connectivity index (χ2n) is 3.92. The van der Waals surface area contributed by atoms with Gasteiger partial charge in [0.25, 0.3) is 5.91 Å². The van der Waals surface area contributed by atoms with Crippen LogP contribution in [0.5, 0.6) is 0 Å². The van der Waals surface area contributed by atoms with Crippen LogP contribution in [0.15, 0.2) is 40.8 Å². The summed E-state index contributed by atoms with van der Waals surface area (Å²) >= 11 is 0. The molecule has 7 heteroatoms. The van der Waals surface area contributed by atoms with E-state index in [1.165, 1.54) is 18.0 Å². The highest BCUT2D eigenvalue weighted by atomic mass is 16.6. The van der Waals surface area contributed by atoms with Gasteiger partial charge in [-0.1, -0.05) is 0 Å². The lowest BCUT2D eigenvalue weighted by Crippen LogP contribution is -2.25. The lowest BCUT2D eigenvalue weighted by Gasteiger charge is -2.15. The molecule has 0 fully saturated rings. The third-order valence-electron chi connectivity index (χ3n) is 2.67. The van der Waals surface area contributed by atoms with Gasteiger partial charge < -0.3 is 9.32 Å². The molecule has 0 saturated heterocycles. The van der Waals surface area contributed by atoms with Gasteiger partial charge in [0.15, 0.2) is 5.76 Å². The van der Waals surface area contributed by atoms with Gasteiger partial charge in [0, 0.05) is 12.7 Å². The minimum atomic E-state index is -0.710. The number of hydrogen-bond acceptors (Lipinski definition) is 5. The molecule has 1 aromatic carbocycles. The van der Waals surface area contributed by atoms with Gasteiger partial charge in [-0.05, 0) is 30.3 Å². The Balaban J connectivity index is 2.22. The maximum atomic E-state index is 12.1. The largest absolute Gasteiger partial charge is 0.433 e. The Morgan fingerprint density at radius 2 is 1.95 bits per heavy atom. The number of nitro groups is 1. The predicted octanol–water partition coefficient (Wildman–Crippen LogP) is 2.34. The number of nitrogens with zero attached hydrogens (tertiary/aromatic N) is 3. The first kappa shape index (κ1) is 13.3. The maximum Gasteiger partial charge on any atom is 0.433 e. The van der Waals surface area contributed by atoms with Gasteiger partial charge in [0.1, 0.15) is 4.92 Å². The summed E-state index contributed by atoms with van der Waals surface area (Å²) in [5.41, 5.74) is 1.02. The standard InChI is InChI=1S/C13H9N3O4/c1-15(10-4-2-9(8-14)3-5-10)13(17)11-6-7-12(20-11)16(18)19/h2-7H,1H3. The summed E-state index contributed by atoms with van der Waals surface area (Å²) < 4.78 is 4.85. The van der Waals surface area contributed by atoms with E-state index in [2.05, 4.69) is 0 Å². The smallest absolute Gasteiger partial charge is 0.395 e. The molecule has 0 aliphatic heterocycles. The van der Waals surface area contributed by atoms with Gasteiger partial charge in [-0.3, -0.25) is 14.9 Å². The fourth-order valence-electron chi connectivity index (χ4n) is 1.58. The summed E-state index contributed by atoms with van der Waals surface area (Å²) in [6, 6.07) is 10.7. The van der Waals surface area contributed by atoms with Crippen LogP contribution in [0.1, 0.15) is 16.1 Å². The average molecular weight is 271 g/mol. The lowest BCUT2D eigenvalue weighted by molar-refractivity contribution is -0.402. The molecule has 0 aliphatic rings. The van der Waals surface area contributed by atoms with E-state index >= 15 is 0 Å². The van der Waals surface area contributed by atoms with Crippen molar-refractivity contribution in [1.29, 1.82) is 5.26 Å². The van der Waals surface area contributed by atoms with Crippen molar-refractivity contribution in [2.75, 3.05) is 11.9 Å². The molecule has 0 atom stereocenters. The molecule has 0 unspecified atom stereocenters. The normalized spacial score (nSPS) is 9.80. The van der Waals surface area contributed by atoms with E-state index in [1.54, 1.807) is 24.3 Å². The third kappa shape index (κ3) is 2.49. The molecule has 1 aromatic heterocycles. The lowest BCUT2D eigenvalue weighted by atomic mass is 10.2. The summed E-state index contributed by atoms with van der Waals surface area (Å²) in [4.78, 5) is 23.2. The van der Waals surface area contributed by atoms with Gasteiger partial charge in [-0.2, -0.15) is 5.26 Å². The Kier molecular flexibility index (Phi) is 3.48. The number of nitriles is 1. The van der Waals surface area contributed by atoms with Crippen LogP contribution >= 0.6 is 0 Å². The summed E-state index contributed by atoms with van der Waals surface area (Å²) in [6.45, 7) is 0. The van der Waals surface area contributed by atoms with Crippen LogP contribution in [0.3, 0.4) is 0 Å². The first-order valence-corrected chi connectivity index (χ1v) is 5.55. The van der Waals surface area contributed by atoms with Crippen LogP contribution < -0.4 is 4.90 Å². The van der Waals surface area contributed by atoms with Crippen molar-refractivity contribution in [3.05, 3.63) is 57.8 Å². The van der Waals surface area contributed by atoms with Crippen LogP contribution in [0.4, 0.5) is 11.6 Å². The predicted molar refractivity (Wildman–Crippen MR) is 69.3 cm³/mol. The molecule has 1 amide bonds. The zero-order chi connectivity index (χ0) is 14.7. The van der Waals surface area contributed by atoms with Crippen molar-refractivity contribution in [1.82, 2.24) is 0 Å². The summed E-state index contributed by atoms with van der Waals surface area (Å²) in [7, 11) is 1.51. The van der Waals surface area contributed by atoms with Gasteiger partial charge in [0.05, 0.1) is 17.7 Å². The first-order valence-electron chi connectivity index (χ1n) is 5.55. The summed E-state index contributed by atoms with van der Waals surface area (Å²) in [5, 5.41) is 19.2. The Morgan fingerprint density at radius 1 is 1.30 bits per heavy atom. The van der Waals surface area contributed by atoms with Crippen LogP contribution in [0.2, 0.25) is 0 Å². The number of furan rings is 1. The van der Waals surface area contributed by atoms with Crippen LogP contribution in [0.25, 0.3) is 0 Å². The summed E-state index contributed by atoms with van der Waals surface area (Å²) in [6.07, 6.45) is 0. The Morgan fingerprint density at radius 3 is 2.45 bits per heavy atom. The first-order chi connectivity index (χ1) is 9.52. The second kappa shape index (κ2) is 5.24. The minimum Gasteiger partial charge on any atom is -0.395 e. The number of benzene rings is 1. The molecule has 1 heterocycles. The second-order valence-corrected chi connectivity index (χ2v) is 3.92. The Labute approximate surface area is 113 Å². The molecule has 0 spiro atoms. The fourth-order valence-corrected chi connectivity index (χ4v) is 1.58. The van der Waals surface area contributed by atoms with Gasteiger partial charge in [-0.15, -0.1) is 0 Å². The molecule has 2 aromatic rings. The molecular formula is C13H9N3O4. The SMILES string of the molecule is CN(C(=O)c1ccc([N+](=O)[O-])o1)c1ccc(C#N)cc1. The number of carbonyl (C=O) groups excluding carboxylic acids is 1. The van der Waals surface area contributed by atoms with E-state index in [1.807, 2.05) is 6.07 Å². The van der Waals surface area contributed by atoms with Crippen LogP contribution in [-0.4, -0.2) is 17.9 Å². The molecule has 7 nitrogen and oxygen atoms in total.